The van der Waals surface area contributed by atoms with Gasteiger partial charge in [-0.05, 0) is 24.3 Å². The molecule has 0 spiro atoms. The van der Waals surface area contributed by atoms with Gasteiger partial charge >= 0.3 is 0 Å². The number of allylic oxidation sites excluding steroid dienone is 2. The molecule has 0 aliphatic heterocycles. The highest BCUT2D eigenvalue weighted by Crippen LogP contribution is 2.22. The van der Waals surface area contributed by atoms with Gasteiger partial charge in [-0.15, -0.1) is 0 Å². The Kier molecular flexibility index (Phi) is 2.94. The summed E-state index contributed by atoms with van der Waals surface area (Å²) >= 11 is 0. The molecule has 0 heterocycles. The molecular weight excluding hydrogens is 204 g/mol. The second kappa shape index (κ2) is 4.38. The first-order valence-corrected chi connectivity index (χ1v) is 4.96. The number of hydrogen-bond donors (Lipinski definition) is 2. The summed E-state index contributed by atoms with van der Waals surface area (Å²) in [5.41, 5.74) is 1.27. The van der Waals surface area contributed by atoms with Crippen LogP contribution in [0.2, 0.25) is 0 Å². The van der Waals surface area contributed by atoms with Crippen LogP contribution < -0.4 is 0 Å². The molecule has 0 saturated heterocycles. The summed E-state index contributed by atoms with van der Waals surface area (Å²) in [5, 5.41) is 26.7. The van der Waals surface area contributed by atoms with Crippen molar-refractivity contribution in [2.75, 3.05) is 0 Å². The van der Waals surface area contributed by atoms with Crippen LogP contribution in [-0.4, -0.2) is 16.0 Å². The zero-order valence-corrected chi connectivity index (χ0v) is 8.61. The van der Waals surface area contributed by atoms with E-state index in [4.69, 9.17) is 0 Å². The smallest absolute Gasteiger partial charge is 0.188 e. The van der Waals surface area contributed by atoms with Crippen LogP contribution in [0.1, 0.15) is 6.42 Å². The first kappa shape index (κ1) is 10.7. The van der Waals surface area contributed by atoms with Crippen molar-refractivity contribution in [2.24, 2.45) is 10.2 Å². The van der Waals surface area contributed by atoms with Gasteiger partial charge in [0.15, 0.2) is 5.79 Å². The average molecular weight is 216 g/mol. The van der Waals surface area contributed by atoms with Crippen molar-refractivity contribution in [3.63, 3.8) is 0 Å². The van der Waals surface area contributed by atoms with Crippen LogP contribution >= 0.6 is 0 Å². The summed E-state index contributed by atoms with van der Waals surface area (Å²) in [5.74, 6) is -1.81. The van der Waals surface area contributed by atoms with Crippen molar-refractivity contribution in [3.8, 4) is 0 Å². The van der Waals surface area contributed by atoms with Crippen molar-refractivity contribution in [3.05, 3.63) is 54.3 Å². The number of hydrogen-bond acceptors (Lipinski definition) is 4. The predicted molar refractivity (Wildman–Crippen MR) is 60.0 cm³/mol. The highest BCUT2D eigenvalue weighted by molar-refractivity contribution is 5.35. The van der Waals surface area contributed by atoms with Gasteiger partial charge in [-0.3, -0.25) is 0 Å². The Morgan fingerprint density at radius 1 is 1.06 bits per heavy atom. The molecule has 0 fully saturated rings. The van der Waals surface area contributed by atoms with E-state index < -0.39 is 5.79 Å². The Hall–Kier alpha value is -1.78. The molecule has 16 heavy (non-hydrogen) atoms. The highest BCUT2D eigenvalue weighted by Gasteiger charge is 2.23. The minimum atomic E-state index is -1.81. The van der Waals surface area contributed by atoms with E-state index >= 15 is 0 Å². The minimum Gasteiger partial charge on any atom is -0.362 e. The molecule has 0 bridgehead atoms. The van der Waals surface area contributed by atoms with Crippen LogP contribution in [0.5, 0.6) is 0 Å². The first-order valence-electron chi connectivity index (χ1n) is 4.96. The number of benzene rings is 1. The lowest BCUT2D eigenvalue weighted by Gasteiger charge is -2.19. The molecule has 0 radical (unpaired) electrons. The van der Waals surface area contributed by atoms with E-state index in [1.807, 2.05) is 30.3 Å². The fourth-order valence-corrected chi connectivity index (χ4v) is 1.38. The molecule has 1 aromatic rings. The summed E-state index contributed by atoms with van der Waals surface area (Å²) in [6.07, 6.45) is 4.63. The zero-order valence-electron chi connectivity index (χ0n) is 8.61. The molecule has 2 N–H and O–H groups in total. The van der Waals surface area contributed by atoms with Gasteiger partial charge in [0.25, 0.3) is 0 Å². The third-order valence-corrected chi connectivity index (χ3v) is 2.14. The summed E-state index contributed by atoms with van der Waals surface area (Å²) in [6, 6.07) is 9.29. The molecule has 2 rings (SSSR count). The molecule has 0 unspecified atom stereocenters. The molecular formula is C12H12N2O2. The van der Waals surface area contributed by atoms with E-state index in [2.05, 4.69) is 10.2 Å². The van der Waals surface area contributed by atoms with Crippen LogP contribution in [0, 0.1) is 0 Å². The summed E-state index contributed by atoms with van der Waals surface area (Å²) < 4.78 is 0. The average Bonchev–Trinajstić information content (AvgIpc) is 2.27. The zero-order chi connectivity index (χ0) is 11.4. The maximum absolute atomic E-state index is 9.37. The van der Waals surface area contributed by atoms with Crippen molar-refractivity contribution < 1.29 is 10.2 Å². The Morgan fingerprint density at radius 2 is 1.81 bits per heavy atom. The second-order valence-electron chi connectivity index (χ2n) is 3.61. The molecule has 4 nitrogen and oxygen atoms in total. The van der Waals surface area contributed by atoms with Gasteiger partial charge in [-0.1, -0.05) is 24.3 Å². The topological polar surface area (TPSA) is 65.2 Å². The molecule has 1 aliphatic rings. The molecule has 82 valence electrons. The SMILES string of the molecule is OC1(O)C=CC=C(N=Nc2ccccc2)C1. The molecule has 0 amide bonds. The monoisotopic (exact) mass is 216 g/mol. The van der Waals surface area contributed by atoms with Crippen LogP contribution in [-0.2, 0) is 0 Å². The van der Waals surface area contributed by atoms with Gasteiger partial charge in [-0.2, -0.15) is 10.2 Å². The Balaban J connectivity index is 2.09. The summed E-state index contributed by atoms with van der Waals surface area (Å²) in [4.78, 5) is 0. The molecule has 0 aromatic heterocycles. The van der Waals surface area contributed by atoms with Crippen LogP contribution in [0.4, 0.5) is 5.69 Å². The highest BCUT2D eigenvalue weighted by atomic mass is 16.5. The van der Waals surface area contributed by atoms with Crippen LogP contribution in [0.3, 0.4) is 0 Å². The van der Waals surface area contributed by atoms with Crippen molar-refractivity contribution >= 4 is 5.69 Å². The van der Waals surface area contributed by atoms with E-state index in [-0.39, 0.29) is 6.42 Å². The van der Waals surface area contributed by atoms with Gasteiger partial charge in [0.05, 0.1) is 11.4 Å². The number of azo groups is 1. The summed E-state index contributed by atoms with van der Waals surface area (Å²) in [6.45, 7) is 0. The van der Waals surface area contributed by atoms with Crippen LogP contribution in [0.25, 0.3) is 0 Å². The van der Waals surface area contributed by atoms with E-state index in [1.54, 1.807) is 12.2 Å². The normalized spacial score (nSPS) is 18.8. The van der Waals surface area contributed by atoms with E-state index in [0.717, 1.165) is 5.69 Å². The third-order valence-electron chi connectivity index (χ3n) is 2.14. The van der Waals surface area contributed by atoms with E-state index in [1.165, 1.54) is 6.08 Å². The maximum Gasteiger partial charge on any atom is 0.188 e. The Labute approximate surface area is 93.3 Å². The van der Waals surface area contributed by atoms with E-state index in [0.29, 0.717) is 5.70 Å². The van der Waals surface area contributed by atoms with Gasteiger partial charge in [0, 0.05) is 6.42 Å². The van der Waals surface area contributed by atoms with Crippen molar-refractivity contribution in [1.82, 2.24) is 0 Å². The standard InChI is InChI=1S/C12H12N2O2/c15-12(16)8-4-7-11(9-12)14-13-10-5-2-1-3-6-10/h1-8,15-16H,9H2. The van der Waals surface area contributed by atoms with Gasteiger partial charge in [0.1, 0.15) is 0 Å². The van der Waals surface area contributed by atoms with Gasteiger partial charge in [0.2, 0.25) is 0 Å². The molecule has 0 saturated carbocycles. The lowest BCUT2D eigenvalue weighted by atomic mass is 10.1. The molecule has 0 atom stereocenters. The number of aliphatic hydroxyl groups is 2. The second-order valence-corrected chi connectivity index (χ2v) is 3.61. The molecule has 4 heteroatoms. The fourth-order valence-electron chi connectivity index (χ4n) is 1.38. The predicted octanol–water partition coefficient (Wildman–Crippen LogP) is 2.29. The summed E-state index contributed by atoms with van der Waals surface area (Å²) in [7, 11) is 0. The maximum atomic E-state index is 9.37. The fraction of sp³-hybridized carbons (Fsp3) is 0.167. The Bertz CT molecular complexity index is 447. The third kappa shape index (κ3) is 2.85. The first-order chi connectivity index (χ1) is 7.66. The number of nitrogens with zero attached hydrogens (tertiary/aromatic N) is 2. The largest absolute Gasteiger partial charge is 0.362 e. The quantitative estimate of drug-likeness (QED) is 0.588. The number of rotatable bonds is 2. The lowest BCUT2D eigenvalue weighted by Crippen LogP contribution is -2.26. The molecule has 1 aliphatic carbocycles. The van der Waals surface area contributed by atoms with E-state index in [9.17, 15) is 10.2 Å². The molecule has 1 aromatic carbocycles. The van der Waals surface area contributed by atoms with Gasteiger partial charge in [-0.25, -0.2) is 0 Å². The van der Waals surface area contributed by atoms with Crippen LogP contribution in [0.15, 0.2) is 64.5 Å². The van der Waals surface area contributed by atoms with Crippen molar-refractivity contribution in [1.29, 1.82) is 0 Å². The van der Waals surface area contributed by atoms with Crippen molar-refractivity contribution in [2.45, 2.75) is 12.2 Å². The van der Waals surface area contributed by atoms with Gasteiger partial charge < -0.3 is 10.2 Å². The lowest BCUT2D eigenvalue weighted by molar-refractivity contribution is -0.117. The Morgan fingerprint density at radius 3 is 2.50 bits per heavy atom. The minimum absolute atomic E-state index is 0.0554.